The van der Waals surface area contributed by atoms with Crippen molar-refractivity contribution >= 4 is 59.2 Å². The molecule has 234 valence electrons. The SMILES string of the molecule is CC12C(=O)N(c3ccc(F)c(Cl)c3)C(=O)C1CC1C(=CCC3C(=O)N(c4cccc(B(O)O)c4)C(=O)C31)C2c1ccc(O)c(F)c1. The third-order valence-electron chi connectivity index (χ3n) is 10.2. The van der Waals surface area contributed by atoms with E-state index in [1.165, 1.54) is 42.5 Å². The number of halogens is 3. The number of rotatable bonds is 4. The predicted molar refractivity (Wildman–Crippen MR) is 163 cm³/mol. The number of anilines is 2. The molecule has 2 aliphatic heterocycles. The van der Waals surface area contributed by atoms with Gasteiger partial charge in [0.1, 0.15) is 5.82 Å². The van der Waals surface area contributed by atoms with Gasteiger partial charge < -0.3 is 15.2 Å². The number of carbonyl (C=O) groups is 4. The van der Waals surface area contributed by atoms with Crippen molar-refractivity contribution in [3.05, 3.63) is 94.5 Å². The number of benzene rings is 3. The molecule has 0 aromatic heterocycles. The Balaban J connectivity index is 1.36. The highest BCUT2D eigenvalue weighted by atomic mass is 35.5. The van der Waals surface area contributed by atoms with E-state index in [1.807, 2.05) is 0 Å². The van der Waals surface area contributed by atoms with Gasteiger partial charge in [-0.2, -0.15) is 0 Å². The number of phenols is 1. The summed E-state index contributed by atoms with van der Waals surface area (Å²) in [6.07, 6.45) is 1.95. The Labute approximate surface area is 266 Å². The lowest BCUT2D eigenvalue weighted by molar-refractivity contribution is -0.131. The monoisotopic (exact) mass is 646 g/mol. The zero-order valence-corrected chi connectivity index (χ0v) is 25.0. The van der Waals surface area contributed by atoms with E-state index in [-0.39, 0.29) is 34.7 Å². The zero-order chi connectivity index (χ0) is 32.8. The molecule has 2 saturated heterocycles. The molecule has 1 saturated carbocycles. The van der Waals surface area contributed by atoms with Crippen molar-refractivity contribution in [3.8, 4) is 5.75 Å². The summed E-state index contributed by atoms with van der Waals surface area (Å²) in [5, 5.41) is 29.0. The van der Waals surface area contributed by atoms with Gasteiger partial charge in [-0.25, -0.2) is 13.7 Å². The van der Waals surface area contributed by atoms with Gasteiger partial charge in [0.2, 0.25) is 23.6 Å². The molecule has 13 heteroatoms. The summed E-state index contributed by atoms with van der Waals surface area (Å²) in [4.78, 5) is 58.4. The van der Waals surface area contributed by atoms with Crippen molar-refractivity contribution in [2.45, 2.75) is 25.7 Å². The molecule has 0 radical (unpaired) electrons. The van der Waals surface area contributed by atoms with Crippen LogP contribution < -0.4 is 15.3 Å². The van der Waals surface area contributed by atoms with Crippen molar-refractivity contribution < 1.29 is 43.1 Å². The molecule has 2 aliphatic carbocycles. The first-order valence-corrected chi connectivity index (χ1v) is 15.1. The summed E-state index contributed by atoms with van der Waals surface area (Å²) in [6, 6.07) is 13.0. The van der Waals surface area contributed by atoms with Gasteiger partial charge in [-0.05, 0) is 79.2 Å². The van der Waals surface area contributed by atoms with E-state index in [0.29, 0.717) is 11.1 Å². The molecule has 46 heavy (non-hydrogen) atoms. The average Bonchev–Trinajstić information content (AvgIpc) is 3.39. The number of imide groups is 2. The van der Waals surface area contributed by atoms with Crippen molar-refractivity contribution in [1.29, 1.82) is 0 Å². The van der Waals surface area contributed by atoms with Crippen LogP contribution in [0.1, 0.15) is 31.2 Å². The van der Waals surface area contributed by atoms with Crippen LogP contribution in [0.4, 0.5) is 20.2 Å². The Bertz CT molecular complexity index is 1900. The summed E-state index contributed by atoms with van der Waals surface area (Å²) < 4.78 is 28.9. The molecule has 3 aromatic carbocycles. The van der Waals surface area contributed by atoms with E-state index < -0.39 is 83.1 Å². The minimum absolute atomic E-state index is 0.0266. The Morgan fingerprint density at radius 1 is 0.870 bits per heavy atom. The quantitative estimate of drug-likeness (QED) is 0.225. The van der Waals surface area contributed by atoms with Gasteiger partial charge in [0.15, 0.2) is 11.6 Å². The van der Waals surface area contributed by atoms with Gasteiger partial charge in [-0.15, -0.1) is 0 Å². The van der Waals surface area contributed by atoms with E-state index in [9.17, 15) is 43.1 Å². The third-order valence-corrected chi connectivity index (χ3v) is 10.5. The highest BCUT2D eigenvalue weighted by Gasteiger charge is 2.67. The number of phenolic OH excluding ortho intramolecular Hbond substituents is 1. The molecule has 0 spiro atoms. The van der Waals surface area contributed by atoms with Crippen LogP contribution in [0.25, 0.3) is 0 Å². The minimum Gasteiger partial charge on any atom is -0.505 e. The number of hydrogen-bond donors (Lipinski definition) is 3. The second-order valence-electron chi connectivity index (χ2n) is 12.5. The topological polar surface area (TPSA) is 135 Å². The molecule has 2 heterocycles. The summed E-state index contributed by atoms with van der Waals surface area (Å²) >= 11 is 6.01. The summed E-state index contributed by atoms with van der Waals surface area (Å²) in [5.41, 5.74) is -0.255. The Hall–Kier alpha value is -4.39. The molecule has 4 amide bonds. The fourth-order valence-corrected chi connectivity index (χ4v) is 8.22. The fourth-order valence-electron chi connectivity index (χ4n) is 8.05. The molecular weight excluding hydrogens is 621 g/mol. The Morgan fingerprint density at radius 2 is 1.61 bits per heavy atom. The lowest BCUT2D eigenvalue weighted by Crippen LogP contribution is -2.49. The largest absolute Gasteiger partial charge is 0.505 e. The molecule has 6 unspecified atom stereocenters. The minimum atomic E-state index is -1.82. The number of amides is 4. The van der Waals surface area contributed by atoms with E-state index in [2.05, 4.69) is 0 Å². The first-order valence-electron chi connectivity index (χ1n) is 14.7. The molecule has 7 rings (SSSR count). The maximum Gasteiger partial charge on any atom is 0.488 e. The van der Waals surface area contributed by atoms with Crippen LogP contribution in [0.2, 0.25) is 5.02 Å². The lowest BCUT2D eigenvalue weighted by Gasteiger charge is -2.49. The molecule has 6 atom stereocenters. The third kappa shape index (κ3) is 4.20. The first kappa shape index (κ1) is 30.3. The van der Waals surface area contributed by atoms with E-state index in [1.54, 1.807) is 13.0 Å². The van der Waals surface area contributed by atoms with Crippen LogP contribution in [0.3, 0.4) is 0 Å². The smallest absolute Gasteiger partial charge is 0.488 e. The van der Waals surface area contributed by atoms with Gasteiger partial charge in [0.05, 0.1) is 39.6 Å². The van der Waals surface area contributed by atoms with Crippen molar-refractivity contribution in [2.75, 3.05) is 9.80 Å². The van der Waals surface area contributed by atoms with Gasteiger partial charge in [-0.1, -0.05) is 41.4 Å². The van der Waals surface area contributed by atoms with E-state index in [0.717, 1.165) is 28.0 Å². The van der Waals surface area contributed by atoms with E-state index in [4.69, 9.17) is 11.6 Å². The van der Waals surface area contributed by atoms with Crippen LogP contribution in [0, 0.1) is 40.7 Å². The number of aromatic hydroxyl groups is 1. The van der Waals surface area contributed by atoms with Crippen molar-refractivity contribution in [2.24, 2.45) is 29.1 Å². The second kappa shape index (κ2) is 10.6. The van der Waals surface area contributed by atoms with Crippen LogP contribution in [-0.4, -0.2) is 45.9 Å². The summed E-state index contributed by atoms with van der Waals surface area (Å²) in [7, 11) is -1.82. The number of allylic oxidation sites excluding steroid dienone is 2. The standard InChI is InChI=1S/C33H26BClF2N2O7/c1-33-22(30(42)39(32(33)44)18-6-9-24(36)23(35)13-18)14-21-19(28(33)15-5-10-26(40)25(37)11-15)7-8-20-27(21)31(43)38(29(20)41)17-4-2-3-16(12-17)34(45)46/h2-7,9-13,20-22,27-28,40,45-46H,8,14H2,1H3. The normalized spacial score (nSPS) is 28.7. The number of fused-ring (bicyclic) bond motifs is 4. The maximum absolute atomic E-state index is 14.9. The highest BCUT2D eigenvalue weighted by molar-refractivity contribution is 6.58. The molecule has 3 aromatic rings. The molecule has 4 aliphatic rings. The number of hydrogen-bond acceptors (Lipinski definition) is 7. The van der Waals surface area contributed by atoms with Gasteiger partial charge in [-0.3, -0.25) is 24.1 Å². The first-order chi connectivity index (χ1) is 21.8. The highest BCUT2D eigenvalue weighted by Crippen LogP contribution is 2.63. The van der Waals surface area contributed by atoms with Gasteiger partial charge >= 0.3 is 7.12 Å². The van der Waals surface area contributed by atoms with Crippen LogP contribution in [0.5, 0.6) is 5.75 Å². The van der Waals surface area contributed by atoms with Crippen LogP contribution >= 0.6 is 11.6 Å². The number of nitrogens with zero attached hydrogens (tertiary/aromatic N) is 2. The maximum atomic E-state index is 14.9. The molecule has 9 nitrogen and oxygen atoms in total. The Morgan fingerprint density at radius 3 is 2.30 bits per heavy atom. The molecule has 0 bridgehead atoms. The van der Waals surface area contributed by atoms with Crippen molar-refractivity contribution in [3.63, 3.8) is 0 Å². The fraction of sp³-hybridized carbons (Fsp3) is 0.273. The predicted octanol–water partition coefficient (Wildman–Crippen LogP) is 3.44. The van der Waals surface area contributed by atoms with Gasteiger partial charge in [0.25, 0.3) is 0 Å². The average molecular weight is 647 g/mol. The second-order valence-corrected chi connectivity index (χ2v) is 12.9. The summed E-state index contributed by atoms with van der Waals surface area (Å²) in [6.45, 7) is 1.61. The van der Waals surface area contributed by atoms with Crippen LogP contribution in [-0.2, 0) is 19.2 Å². The lowest BCUT2D eigenvalue weighted by atomic mass is 9.51. The van der Waals surface area contributed by atoms with E-state index >= 15 is 0 Å². The molecule has 3 N–H and O–H groups in total. The Kier molecular flexibility index (Phi) is 6.96. The summed E-state index contributed by atoms with van der Waals surface area (Å²) in [5.74, 6) is -8.83. The van der Waals surface area contributed by atoms with Crippen molar-refractivity contribution in [1.82, 2.24) is 0 Å². The molecular formula is C33H26BClF2N2O7. The zero-order valence-electron chi connectivity index (χ0n) is 24.2. The molecule has 3 fully saturated rings. The van der Waals surface area contributed by atoms with Gasteiger partial charge in [0, 0.05) is 5.92 Å². The number of carbonyl (C=O) groups excluding carboxylic acids is 4. The van der Waals surface area contributed by atoms with Crippen LogP contribution in [0.15, 0.2) is 72.3 Å².